The van der Waals surface area contributed by atoms with Crippen LogP contribution < -0.4 is 0 Å². The molecule has 0 aliphatic heterocycles. The fraction of sp³-hybridized carbons (Fsp3) is 0. The molecule has 0 aliphatic rings. The third-order valence-electron chi connectivity index (χ3n) is 2.03. The van der Waals surface area contributed by atoms with E-state index < -0.39 is 4.92 Å². The first-order valence-electron chi connectivity index (χ1n) is 4.54. The average Bonchev–Trinajstić information content (AvgIpc) is 2.29. The van der Waals surface area contributed by atoms with E-state index in [0.717, 1.165) is 5.56 Å². The lowest BCUT2D eigenvalue weighted by molar-refractivity contribution is -0.389. The maximum Gasteiger partial charge on any atom is 0.365 e. The Kier molecular flexibility index (Phi) is 2.83. The first-order chi connectivity index (χ1) is 7.66. The Bertz CT molecular complexity index is 529. The zero-order chi connectivity index (χ0) is 11.5. The average molecular weight is 235 g/mol. The second-order valence-electron chi connectivity index (χ2n) is 3.15. The van der Waals surface area contributed by atoms with Crippen LogP contribution in [0.25, 0.3) is 11.3 Å². The summed E-state index contributed by atoms with van der Waals surface area (Å²) in [5.41, 5.74) is 1.30. The predicted octanol–water partition coefficient (Wildman–Crippen LogP) is 3.31. The van der Waals surface area contributed by atoms with Crippen LogP contribution in [0.4, 0.5) is 5.82 Å². The van der Waals surface area contributed by atoms with Crippen LogP contribution in [0.3, 0.4) is 0 Å². The quantitative estimate of drug-likeness (QED) is 0.592. The van der Waals surface area contributed by atoms with Crippen molar-refractivity contribution in [3.05, 3.63) is 57.6 Å². The van der Waals surface area contributed by atoms with Gasteiger partial charge in [0.25, 0.3) is 0 Å². The molecule has 0 unspecified atom stereocenters. The van der Waals surface area contributed by atoms with Crippen molar-refractivity contribution in [3.63, 3.8) is 0 Å². The van der Waals surface area contributed by atoms with Crippen molar-refractivity contribution in [1.82, 2.24) is 4.98 Å². The van der Waals surface area contributed by atoms with Crippen LogP contribution in [-0.2, 0) is 0 Å². The van der Waals surface area contributed by atoms with Gasteiger partial charge in [0, 0.05) is 11.6 Å². The Labute approximate surface area is 96.7 Å². The van der Waals surface area contributed by atoms with Gasteiger partial charge in [0.05, 0.1) is 11.1 Å². The summed E-state index contributed by atoms with van der Waals surface area (Å²) >= 11 is 5.80. The van der Waals surface area contributed by atoms with E-state index in [0.29, 0.717) is 10.7 Å². The smallest absolute Gasteiger partial charge is 0.358 e. The molecule has 0 N–H and O–H groups in total. The Morgan fingerprint density at radius 2 is 1.88 bits per heavy atom. The van der Waals surface area contributed by atoms with Crippen molar-refractivity contribution in [2.24, 2.45) is 0 Å². The Hall–Kier alpha value is -1.94. The molecule has 4 nitrogen and oxygen atoms in total. The summed E-state index contributed by atoms with van der Waals surface area (Å²) in [6, 6.07) is 12.0. The number of hydrogen-bond acceptors (Lipinski definition) is 3. The third kappa shape index (κ3) is 2.17. The molecule has 0 radical (unpaired) electrons. The summed E-state index contributed by atoms with van der Waals surface area (Å²) < 4.78 is 0. The number of rotatable bonds is 2. The van der Waals surface area contributed by atoms with Gasteiger partial charge in [-0.05, 0) is 9.91 Å². The maximum atomic E-state index is 10.6. The molecule has 0 saturated carbocycles. The van der Waals surface area contributed by atoms with Gasteiger partial charge in [-0.2, -0.15) is 0 Å². The molecule has 0 aliphatic carbocycles. The number of nitrogens with zero attached hydrogens (tertiary/aromatic N) is 2. The number of nitro groups is 1. The van der Waals surface area contributed by atoms with Gasteiger partial charge in [-0.25, -0.2) is 0 Å². The molecule has 1 heterocycles. The summed E-state index contributed by atoms with van der Waals surface area (Å²) in [6.45, 7) is 0. The number of aromatic nitrogens is 1. The molecule has 1 aromatic heterocycles. The fourth-order valence-corrected chi connectivity index (χ4v) is 1.53. The highest BCUT2D eigenvalue weighted by Crippen LogP contribution is 2.24. The highest BCUT2D eigenvalue weighted by atomic mass is 35.5. The van der Waals surface area contributed by atoms with E-state index in [2.05, 4.69) is 4.98 Å². The first kappa shape index (κ1) is 10.6. The summed E-state index contributed by atoms with van der Waals surface area (Å²) in [4.78, 5) is 14.0. The lowest BCUT2D eigenvalue weighted by Crippen LogP contribution is -1.93. The Morgan fingerprint density at radius 1 is 1.19 bits per heavy atom. The highest BCUT2D eigenvalue weighted by molar-refractivity contribution is 6.31. The summed E-state index contributed by atoms with van der Waals surface area (Å²) in [6.07, 6.45) is 0. The Morgan fingerprint density at radius 3 is 2.50 bits per heavy atom. The minimum absolute atomic E-state index is 0.244. The molecule has 0 fully saturated rings. The molecule has 0 spiro atoms. The van der Waals surface area contributed by atoms with Crippen LogP contribution in [0.15, 0.2) is 42.5 Å². The standard InChI is InChI=1S/C11H7ClN2O2/c12-9-6-10(8-4-2-1-3-5-8)13-11(7-9)14(15)16/h1-7H. The van der Waals surface area contributed by atoms with E-state index in [-0.39, 0.29) is 5.82 Å². The highest BCUT2D eigenvalue weighted by Gasteiger charge is 2.13. The van der Waals surface area contributed by atoms with E-state index in [9.17, 15) is 10.1 Å². The van der Waals surface area contributed by atoms with Crippen LogP contribution in [-0.4, -0.2) is 9.91 Å². The molecule has 0 atom stereocenters. The second-order valence-corrected chi connectivity index (χ2v) is 3.59. The molecule has 5 heteroatoms. The van der Waals surface area contributed by atoms with E-state index >= 15 is 0 Å². The van der Waals surface area contributed by atoms with Gasteiger partial charge in [-0.3, -0.25) is 0 Å². The molecule has 0 bridgehead atoms. The molecular formula is C11H7ClN2O2. The first-order valence-corrected chi connectivity index (χ1v) is 4.92. The summed E-state index contributed by atoms with van der Waals surface area (Å²) in [5, 5.41) is 10.9. The van der Waals surface area contributed by atoms with E-state index in [1.165, 1.54) is 6.07 Å². The molecule has 0 saturated heterocycles. The molecule has 2 aromatic rings. The number of pyridine rings is 1. The third-order valence-corrected chi connectivity index (χ3v) is 2.25. The molecule has 80 valence electrons. The van der Waals surface area contributed by atoms with Crippen molar-refractivity contribution in [3.8, 4) is 11.3 Å². The fourth-order valence-electron chi connectivity index (χ4n) is 1.33. The van der Waals surface area contributed by atoms with E-state index in [1.807, 2.05) is 30.3 Å². The minimum atomic E-state index is -0.557. The monoisotopic (exact) mass is 234 g/mol. The molecular weight excluding hydrogens is 228 g/mol. The normalized spacial score (nSPS) is 10.1. The zero-order valence-corrected chi connectivity index (χ0v) is 8.89. The zero-order valence-electron chi connectivity index (χ0n) is 8.13. The second kappa shape index (κ2) is 4.28. The summed E-state index contributed by atoms with van der Waals surface area (Å²) in [7, 11) is 0. The van der Waals surface area contributed by atoms with Gasteiger partial charge in [-0.1, -0.05) is 41.9 Å². The predicted molar refractivity (Wildman–Crippen MR) is 61.3 cm³/mol. The van der Waals surface area contributed by atoms with Gasteiger partial charge in [0.15, 0.2) is 5.69 Å². The number of halogens is 1. The number of benzene rings is 1. The van der Waals surface area contributed by atoms with Crippen molar-refractivity contribution in [2.45, 2.75) is 0 Å². The molecule has 0 amide bonds. The number of hydrogen-bond donors (Lipinski definition) is 0. The van der Waals surface area contributed by atoms with Crippen molar-refractivity contribution in [1.29, 1.82) is 0 Å². The largest absolute Gasteiger partial charge is 0.365 e. The SMILES string of the molecule is O=[N+]([O-])c1cc(Cl)cc(-c2ccccc2)n1. The van der Waals surface area contributed by atoms with Crippen LogP contribution in [0.1, 0.15) is 0 Å². The Balaban J connectivity index is 2.54. The van der Waals surface area contributed by atoms with Crippen LogP contribution >= 0.6 is 11.6 Å². The van der Waals surface area contributed by atoms with Gasteiger partial charge in [0.2, 0.25) is 0 Å². The lowest BCUT2D eigenvalue weighted by atomic mass is 10.1. The van der Waals surface area contributed by atoms with E-state index in [1.54, 1.807) is 6.07 Å². The van der Waals surface area contributed by atoms with Crippen molar-refractivity contribution in [2.75, 3.05) is 0 Å². The lowest BCUT2D eigenvalue weighted by Gasteiger charge is -1.98. The van der Waals surface area contributed by atoms with E-state index in [4.69, 9.17) is 11.6 Å². The topological polar surface area (TPSA) is 56.0 Å². The van der Waals surface area contributed by atoms with Crippen LogP contribution in [0, 0.1) is 10.1 Å². The summed E-state index contributed by atoms with van der Waals surface area (Å²) in [5.74, 6) is -0.244. The maximum absolute atomic E-state index is 10.6. The minimum Gasteiger partial charge on any atom is -0.358 e. The van der Waals surface area contributed by atoms with Gasteiger partial charge in [-0.15, -0.1) is 0 Å². The molecule has 2 rings (SSSR count). The van der Waals surface area contributed by atoms with Crippen molar-refractivity contribution >= 4 is 17.4 Å². The molecule has 1 aromatic carbocycles. The molecule has 16 heavy (non-hydrogen) atoms. The van der Waals surface area contributed by atoms with Crippen LogP contribution in [0.2, 0.25) is 5.02 Å². The van der Waals surface area contributed by atoms with Crippen LogP contribution in [0.5, 0.6) is 0 Å². The van der Waals surface area contributed by atoms with Crippen molar-refractivity contribution < 1.29 is 4.92 Å². The van der Waals surface area contributed by atoms with Gasteiger partial charge in [0.1, 0.15) is 0 Å². The van der Waals surface area contributed by atoms with Gasteiger partial charge < -0.3 is 10.1 Å². The van der Waals surface area contributed by atoms with Gasteiger partial charge >= 0.3 is 5.82 Å².